The maximum absolute atomic E-state index is 12.1. The number of hydrogen-bond acceptors (Lipinski definition) is 7. The second-order valence-electron chi connectivity index (χ2n) is 9.00. The van der Waals surface area contributed by atoms with Crippen LogP contribution < -0.4 is 10.5 Å². The molecule has 35 heavy (non-hydrogen) atoms. The van der Waals surface area contributed by atoms with Crippen molar-refractivity contribution in [3.05, 3.63) is 72.8 Å². The van der Waals surface area contributed by atoms with E-state index in [0.717, 1.165) is 17.6 Å². The summed E-state index contributed by atoms with van der Waals surface area (Å²) < 4.78 is 7.76. The molecule has 1 saturated heterocycles. The van der Waals surface area contributed by atoms with E-state index in [4.69, 9.17) is 15.5 Å². The second kappa shape index (κ2) is 8.50. The molecule has 9 heteroatoms. The second-order valence-corrected chi connectivity index (χ2v) is 9.00. The quantitative estimate of drug-likeness (QED) is 0.428. The molecule has 1 aliphatic heterocycles. The molecule has 0 aromatic carbocycles. The van der Waals surface area contributed by atoms with Crippen molar-refractivity contribution in [1.82, 2.24) is 29.2 Å². The summed E-state index contributed by atoms with van der Waals surface area (Å²) >= 11 is 0. The predicted molar refractivity (Wildman–Crippen MR) is 131 cm³/mol. The standard InChI is InChI=1S/C26H25N7O2/c1-2-23(34)32-12-9-18(15-32)24-21-8-11-29-26(27)33(21)25(31-24)20-6-5-19(14-30-20)35-22-13-17(7-10-28-22)16-3-4-16/h2,5-8,10-11,13-14,16,18H,1,3-4,9,12,15H2,(H2,27,29). The number of hydrogen-bond donors (Lipinski definition) is 1. The summed E-state index contributed by atoms with van der Waals surface area (Å²) in [6.45, 7) is 4.86. The number of imidazole rings is 1. The van der Waals surface area contributed by atoms with Gasteiger partial charge >= 0.3 is 0 Å². The smallest absolute Gasteiger partial charge is 0.245 e. The third-order valence-electron chi connectivity index (χ3n) is 6.67. The van der Waals surface area contributed by atoms with Gasteiger partial charge in [0.1, 0.15) is 11.4 Å². The molecular formula is C26H25N7O2. The Kier molecular flexibility index (Phi) is 5.17. The van der Waals surface area contributed by atoms with Crippen LogP contribution in [0.5, 0.6) is 11.6 Å². The first-order valence-electron chi connectivity index (χ1n) is 11.7. The van der Waals surface area contributed by atoms with Crippen LogP contribution in [-0.2, 0) is 4.79 Å². The van der Waals surface area contributed by atoms with Crippen LogP contribution in [0, 0.1) is 0 Å². The van der Waals surface area contributed by atoms with E-state index in [1.165, 1.54) is 24.5 Å². The Labute approximate surface area is 202 Å². The van der Waals surface area contributed by atoms with Gasteiger partial charge in [-0.3, -0.25) is 9.20 Å². The summed E-state index contributed by atoms with van der Waals surface area (Å²) in [6, 6.07) is 9.64. The lowest BCUT2D eigenvalue weighted by atomic mass is 10.0. The number of nitrogens with two attached hydrogens (primary N) is 1. The Morgan fingerprint density at radius 2 is 1.94 bits per heavy atom. The number of nitrogens with zero attached hydrogens (tertiary/aromatic N) is 6. The predicted octanol–water partition coefficient (Wildman–Crippen LogP) is 3.94. The fourth-order valence-electron chi connectivity index (χ4n) is 4.71. The number of fused-ring (bicyclic) bond motifs is 1. The van der Waals surface area contributed by atoms with Crippen LogP contribution in [-0.4, -0.2) is 48.2 Å². The molecule has 6 rings (SSSR count). The summed E-state index contributed by atoms with van der Waals surface area (Å²) in [5.41, 5.74) is 9.92. The van der Waals surface area contributed by atoms with Crippen LogP contribution in [0.2, 0.25) is 0 Å². The van der Waals surface area contributed by atoms with Crippen LogP contribution in [0.15, 0.2) is 61.6 Å². The van der Waals surface area contributed by atoms with Gasteiger partial charge in [0, 0.05) is 37.5 Å². The maximum atomic E-state index is 12.1. The molecule has 1 aliphatic carbocycles. The summed E-state index contributed by atoms with van der Waals surface area (Å²) in [5.74, 6) is 2.75. The summed E-state index contributed by atoms with van der Waals surface area (Å²) in [4.78, 5) is 32.0. The number of aromatic nitrogens is 5. The summed E-state index contributed by atoms with van der Waals surface area (Å²) in [7, 11) is 0. The number of ether oxygens (including phenoxy) is 1. The first-order valence-corrected chi connectivity index (χ1v) is 11.7. The molecule has 176 valence electrons. The van der Waals surface area contributed by atoms with Gasteiger partial charge in [0.2, 0.25) is 17.7 Å². The molecule has 0 bridgehead atoms. The lowest BCUT2D eigenvalue weighted by Gasteiger charge is -2.13. The summed E-state index contributed by atoms with van der Waals surface area (Å²) in [6.07, 6.45) is 9.74. The van der Waals surface area contributed by atoms with Crippen LogP contribution in [0.25, 0.3) is 17.0 Å². The van der Waals surface area contributed by atoms with Crippen LogP contribution in [0.3, 0.4) is 0 Å². The molecule has 1 unspecified atom stereocenters. The summed E-state index contributed by atoms with van der Waals surface area (Å²) in [5, 5.41) is 0. The molecule has 4 aromatic rings. The minimum absolute atomic E-state index is 0.0631. The first-order chi connectivity index (χ1) is 17.1. The zero-order valence-electron chi connectivity index (χ0n) is 19.2. The van der Waals surface area contributed by atoms with Gasteiger partial charge in [-0.25, -0.2) is 19.9 Å². The van der Waals surface area contributed by atoms with Gasteiger partial charge in [0.15, 0.2) is 5.82 Å². The van der Waals surface area contributed by atoms with Gasteiger partial charge < -0.3 is 15.4 Å². The van der Waals surface area contributed by atoms with Crippen LogP contribution in [0.1, 0.15) is 42.4 Å². The average molecular weight is 468 g/mol. The molecule has 2 fully saturated rings. The largest absolute Gasteiger partial charge is 0.437 e. The van der Waals surface area contributed by atoms with E-state index < -0.39 is 0 Å². The number of amides is 1. The van der Waals surface area contributed by atoms with E-state index in [1.807, 2.05) is 34.7 Å². The molecule has 2 aliphatic rings. The van der Waals surface area contributed by atoms with Gasteiger partial charge in [-0.1, -0.05) is 6.58 Å². The number of rotatable bonds is 6. The number of nitrogen functional groups attached to an aromatic ring is 1. The van der Waals surface area contributed by atoms with Gasteiger partial charge in [0.25, 0.3) is 0 Å². The minimum Gasteiger partial charge on any atom is -0.437 e. The number of anilines is 1. The van der Waals surface area contributed by atoms with Crippen molar-refractivity contribution in [2.75, 3.05) is 18.8 Å². The SMILES string of the molecule is C=CC(=O)N1CCC(c2nc(-c3ccc(Oc4cc(C5CC5)ccn4)cn3)n3c(N)nccc23)C1. The Morgan fingerprint density at radius 1 is 1.09 bits per heavy atom. The Bertz CT molecular complexity index is 1430. The third kappa shape index (κ3) is 3.99. The van der Waals surface area contributed by atoms with Crippen molar-refractivity contribution in [1.29, 1.82) is 0 Å². The molecule has 2 N–H and O–H groups in total. The molecule has 9 nitrogen and oxygen atoms in total. The molecular weight excluding hydrogens is 442 g/mol. The molecule has 1 amide bonds. The Hall–Kier alpha value is -4.27. The van der Waals surface area contributed by atoms with E-state index >= 15 is 0 Å². The zero-order chi connectivity index (χ0) is 23.9. The van der Waals surface area contributed by atoms with E-state index in [2.05, 4.69) is 21.5 Å². The van der Waals surface area contributed by atoms with Crippen LogP contribution >= 0.6 is 0 Å². The van der Waals surface area contributed by atoms with Gasteiger partial charge in [-0.05, 0) is 61.1 Å². The maximum Gasteiger partial charge on any atom is 0.245 e. The van der Waals surface area contributed by atoms with E-state index in [9.17, 15) is 4.79 Å². The Morgan fingerprint density at radius 3 is 2.71 bits per heavy atom. The molecule has 0 radical (unpaired) electrons. The fourth-order valence-corrected chi connectivity index (χ4v) is 4.71. The van der Waals surface area contributed by atoms with Gasteiger partial charge in [0.05, 0.1) is 17.4 Å². The topological polar surface area (TPSA) is 112 Å². The minimum atomic E-state index is -0.0631. The first kappa shape index (κ1) is 21.3. The van der Waals surface area contributed by atoms with Crippen molar-refractivity contribution < 1.29 is 9.53 Å². The zero-order valence-corrected chi connectivity index (χ0v) is 19.2. The van der Waals surface area contributed by atoms with E-state index in [1.54, 1.807) is 23.5 Å². The Balaban J connectivity index is 1.30. The highest BCUT2D eigenvalue weighted by Gasteiger charge is 2.30. The molecule has 1 saturated carbocycles. The number of carbonyl (C=O) groups excluding carboxylic acids is 1. The van der Waals surface area contributed by atoms with Crippen LogP contribution in [0.4, 0.5) is 5.95 Å². The number of pyridine rings is 2. The monoisotopic (exact) mass is 467 g/mol. The lowest BCUT2D eigenvalue weighted by molar-refractivity contribution is -0.125. The fraction of sp³-hybridized carbons (Fsp3) is 0.269. The lowest BCUT2D eigenvalue weighted by Crippen LogP contribution is -2.26. The van der Waals surface area contributed by atoms with Crippen molar-refractivity contribution in [2.24, 2.45) is 0 Å². The highest BCUT2D eigenvalue weighted by molar-refractivity contribution is 5.87. The van der Waals surface area contributed by atoms with Crippen molar-refractivity contribution in [2.45, 2.75) is 31.1 Å². The van der Waals surface area contributed by atoms with E-state index in [-0.39, 0.29) is 11.8 Å². The van der Waals surface area contributed by atoms with Gasteiger partial charge in [-0.15, -0.1) is 0 Å². The van der Waals surface area contributed by atoms with E-state index in [0.29, 0.717) is 48.1 Å². The third-order valence-corrected chi connectivity index (χ3v) is 6.67. The van der Waals surface area contributed by atoms with Crippen molar-refractivity contribution in [3.63, 3.8) is 0 Å². The number of likely N-dealkylation sites (tertiary alicyclic amines) is 1. The van der Waals surface area contributed by atoms with Crippen molar-refractivity contribution in [3.8, 4) is 23.1 Å². The molecule has 0 spiro atoms. The van der Waals surface area contributed by atoms with Crippen molar-refractivity contribution >= 4 is 17.4 Å². The molecule has 4 aromatic heterocycles. The molecule has 5 heterocycles. The molecule has 1 atom stereocenters. The number of carbonyl (C=O) groups is 1. The highest BCUT2D eigenvalue weighted by atomic mass is 16.5. The highest BCUT2D eigenvalue weighted by Crippen LogP contribution is 2.41. The van der Waals surface area contributed by atoms with Gasteiger partial charge in [-0.2, -0.15) is 0 Å². The average Bonchev–Trinajstić information content (AvgIpc) is 3.49. The normalized spacial score (nSPS) is 17.6.